The predicted octanol–water partition coefficient (Wildman–Crippen LogP) is 2.27. The molecule has 0 unspecified atom stereocenters. The zero-order chi connectivity index (χ0) is 16.0. The molecule has 4 aliphatic carbocycles. The summed E-state index contributed by atoms with van der Waals surface area (Å²) < 4.78 is 0. The Labute approximate surface area is 138 Å². The van der Waals surface area contributed by atoms with Gasteiger partial charge >= 0.3 is 6.03 Å². The highest BCUT2D eigenvalue weighted by Gasteiger charge is 2.51. The minimum absolute atomic E-state index is 0.0215. The summed E-state index contributed by atoms with van der Waals surface area (Å²) in [6.45, 7) is 3.14. The summed E-state index contributed by atoms with van der Waals surface area (Å²) in [6.07, 6.45) is 9.49. The fourth-order valence-corrected chi connectivity index (χ4v) is 6.06. The van der Waals surface area contributed by atoms with E-state index in [9.17, 15) is 9.59 Å². The first-order valence-electron chi connectivity index (χ1n) is 9.35. The van der Waals surface area contributed by atoms with Crippen molar-refractivity contribution in [1.82, 2.24) is 15.5 Å². The molecule has 128 valence electrons. The topological polar surface area (TPSA) is 61.4 Å². The Hall–Kier alpha value is -1.26. The molecular formula is C18H29N3O2. The Morgan fingerprint density at radius 1 is 0.957 bits per heavy atom. The lowest BCUT2D eigenvalue weighted by Crippen LogP contribution is -2.62. The number of amides is 3. The van der Waals surface area contributed by atoms with Crippen LogP contribution in [-0.4, -0.2) is 41.5 Å². The second-order valence-corrected chi connectivity index (χ2v) is 8.58. The highest BCUT2D eigenvalue weighted by atomic mass is 16.2. The molecule has 1 saturated heterocycles. The first-order chi connectivity index (χ1) is 11.0. The smallest absolute Gasteiger partial charge is 0.315 e. The van der Waals surface area contributed by atoms with E-state index in [0.29, 0.717) is 0 Å². The summed E-state index contributed by atoms with van der Waals surface area (Å²) >= 11 is 0. The molecule has 1 heterocycles. The quantitative estimate of drug-likeness (QED) is 0.820. The summed E-state index contributed by atoms with van der Waals surface area (Å²) in [5.74, 6) is 2.68. The van der Waals surface area contributed by atoms with Crippen molar-refractivity contribution in [2.24, 2.45) is 17.8 Å². The van der Waals surface area contributed by atoms with Gasteiger partial charge in [0.15, 0.2) is 0 Å². The molecule has 0 aromatic heterocycles. The first-order valence-corrected chi connectivity index (χ1v) is 9.35. The highest BCUT2D eigenvalue weighted by molar-refractivity contribution is 5.75. The van der Waals surface area contributed by atoms with Gasteiger partial charge in [0.2, 0.25) is 5.91 Å². The minimum atomic E-state index is 0.0215. The van der Waals surface area contributed by atoms with Gasteiger partial charge in [0.25, 0.3) is 0 Å². The van der Waals surface area contributed by atoms with Crippen molar-refractivity contribution in [3.05, 3.63) is 0 Å². The van der Waals surface area contributed by atoms with Crippen LogP contribution < -0.4 is 10.6 Å². The Kier molecular flexibility index (Phi) is 3.77. The third kappa shape index (κ3) is 3.07. The Morgan fingerprint density at radius 2 is 1.48 bits per heavy atom. The molecular weight excluding hydrogens is 290 g/mol. The summed E-state index contributed by atoms with van der Waals surface area (Å²) in [4.78, 5) is 25.7. The van der Waals surface area contributed by atoms with Gasteiger partial charge in [0.1, 0.15) is 0 Å². The average molecular weight is 319 g/mol. The van der Waals surface area contributed by atoms with Crippen LogP contribution in [0.25, 0.3) is 0 Å². The number of hydrogen-bond donors (Lipinski definition) is 2. The van der Waals surface area contributed by atoms with Crippen molar-refractivity contribution in [2.75, 3.05) is 13.1 Å². The van der Waals surface area contributed by atoms with Gasteiger partial charge in [0, 0.05) is 31.6 Å². The zero-order valence-corrected chi connectivity index (χ0v) is 14.1. The second kappa shape index (κ2) is 5.67. The van der Waals surface area contributed by atoms with Crippen LogP contribution in [0.2, 0.25) is 0 Å². The van der Waals surface area contributed by atoms with E-state index in [-0.39, 0.29) is 23.5 Å². The third-order valence-corrected chi connectivity index (χ3v) is 6.69. The monoisotopic (exact) mass is 319 g/mol. The SMILES string of the molecule is CC(=O)N1CCC(NC(=O)NC23CC4C[C@H](C2)C[C@H](C4)C3)CC1. The molecule has 3 amide bonds. The number of carbonyl (C=O) groups excluding carboxylic acids is 2. The number of carbonyl (C=O) groups is 2. The molecule has 5 rings (SSSR count). The van der Waals surface area contributed by atoms with Gasteiger partial charge in [0.05, 0.1) is 0 Å². The minimum Gasteiger partial charge on any atom is -0.343 e. The van der Waals surface area contributed by atoms with Crippen molar-refractivity contribution >= 4 is 11.9 Å². The summed E-state index contributed by atoms with van der Waals surface area (Å²) in [7, 11) is 0. The van der Waals surface area contributed by atoms with Gasteiger partial charge in [-0.15, -0.1) is 0 Å². The van der Waals surface area contributed by atoms with Crippen molar-refractivity contribution in [3.63, 3.8) is 0 Å². The molecule has 0 aromatic rings. The van der Waals surface area contributed by atoms with E-state index >= 15 is 0 Å². The fraction of sp³-hybridized carbons (Fsp3) is 0.889. The molecule has 5 fully saturated rings. The number of rotatable bonds is 2. The predicted molar refractivity (Wildman–Crippen MR) is 87.8 cm³/mol. The van der Waals surface area contributed by atoms with Crippen LogP contribution in [-0.2, 0) is 4.79 Å². The van der Waals surface area contributed by atoms with Crippen molar-refractivity contribution in [2.45, 2.75) is 69.9 Å². The van der Waals surface area contributed by atoms with Crippen molar-refractivity contribution in [1.29, 1.82) is 0 Å². The maximum atomic E-state index is 12.5. The largest absolute Gasteiger partial charge is 0.343 e. The molecule has 0 aromatic carbocycles. The van der Waals surface area contributed by atoms with E-state index in [2.05, 4.69) is 10.6 Å². The van der Waals surface area contributed by atoms with Crippen LogP contribution in [0.5, 0.6) is 0 Å². The molecule has 5 nitrogen and oxygen atoms in total. The van der Waals surface area contributed by atoms with E-state index in [0.717, 1.165) is 43.7 Å². The molecule has 0 atom stereocenters. The molecule has 5 heteroatoms. The number of nitrogens with one attached hydrogen (secondary N) is 2. The maximum absolute atomic E-state index is 12.5. The lowest BCUT2D eigenvalue weighted by Gasteiger charge is -2.56. The molecule has 0 radical (unpaired) electrons. The number of piperidine rings is 1. The van der Waals surface area contributed by atoms with Crippen LogP contribution in [0.1, 0.15) is 58.3 Å². The molecule has 0 spiro atoms. The summed E-state index contributed by atoms with van der Waals surface area (Å²) in [5, 5.41) is 6.54. The second-order valence-electron chi connectivity index (χ2n) is 8.58. The first kappa shape index (κ1) is 15.3. The average Bonchev–Trinajstić information content (AvgIpc) is 2.45. The number of hydrogen-bond acceptors (Lipinski definition) is 2. The molecule has 5 aliphatic rings. The maximum Gasteiger partial charge on any atom is 0.315 e. The van der Waals surface area contributed by atoms with Crippen LogP contribution >= 0.6 is 0 Å². The van der Waals surface area contributed by atoms with Gasteiger partial charge < -0.3 is 15.5 Å². The van der Waals surface area contributed by atoms with Crippen molar-refractivity contribution in [3.8, 4) is 0 Å². The number of urea groups is 1. The van der Waals surface area contributed by atoms with Gasteiger partial charge in [-0.05, 0) is 69.1 Å². The van der Waals surface area contributed by atoms with Crippen LogP contribution in [0.3, 0.4) is 0 Å². The van der Waals surface area contributed by atoms with E-state index in [1.54, 1.807) is 6.92 Å². The zero-order valence-electron chi connectivity index (χ0n) is 14.1. The lowest BCUT2D eigenvalue weighted by molar-refractivity contribution is -0.129. The van der Waals surface area contributed by atoms with Gasteiger partial charge in [-0.25, -0.2) is 4.79 Å². The number of likely N-dealkylation sites (tertiary alicyclic amines) is 1. The Morgan fingerprint density at radius 3 is 1.96 bits per heavy atom. The van der Waals surface area contributed by atoms with Gasteiger partial charge in [-0.1, -0.05) is 0 Å². The molecule has 4 bridgehead atoms. The Bertz CT molecular complexity index is 461. The van der Waals surface area contributed by atoms with E-state index in [1.165, 1.54) is 38.5 Å². The Balaban J connectivity index is 1.30. The van der Waals surface area contributed by atoms with E-state index < -0.39 is 0 Å². The fourth-order valence-electron chi connectivity index (χ4n) is 6.06. The normalized spacial score (nSPS) is 39.3. The van der Waals surface area contributed by atoms with Gasteiger partial charge in [-0.2, -0.15) is 0 Å². The van der Waals surface area contributed by atoms with Crippen LogP contribution in [0, 0.1) is 17.8 Å². The van der Waals surface area contributed by atoms with Crippen LogP contribution in [0.4, 0.5) is 4.79 Å². The summed E-state index contributed by atoms with van der Waals surface area (Å²) in [5.41, 5.74) is 0.0823. The van der Waals surface area contributed by atoms with E-state index in [4.69, 9.17) is 0 Å². The summed E-state index contributed by atoms with van der Waals surface area (Å²) in [6, 6.07) is 0.229. The third-order valence-electron chi connectivity index (χ3n) is 6.69. The molecule has 1 aliphatic heterocycles. The van der Waals surface area contributed by atoms with Gasteiger partial charge in [-0.3, -0.25) is 4.79 Å². The molecule has 2 N–H and O–H groups in total. The van der Waals surface area contributed by atoms with Crippen LogP contribution in [0.15, 0.2) is 0 Å². The standard InChI is InChI=1S/C18H29N3O2/c1-12(22)21-4-2-16(3-5-21)19-17(23)20-18-9-13-6-14(10-18)8-15(7-13)11-18/h13-16H,2-11H2,1H3,(H2,19,20,23)/t13-,14-,15?,18?/m1/s1. The lowest BCUT2D eigenvalue weighted by atomic mass is 9.53. The van der Waals surface area contributed by atoms with Crippen molar-refractivity contribution < 1.29 is 9.59 Å². The number of nitrogens with zero attached hydrogens (tertiary/aromatic N) is 1. The molecule has 23 heavy (non-hydrogen) atoms. The highest BCUT2D eigenvalue weighted by Crippen LogP contribution is 2.55. The molecule has 4 saturated carbocycles. The van der Waals surface area contributed by atoms with E-state index in [1.807, 2.05) is 4.90 Å².